The molecule has 0 radical (unpaired) electrons. The van der Waals surface area contributed by atoms with Gasteiger partial charge < -0.3 is 4.74 Å². The van der Waals surface area contributed by atoms with Crippen molar-refractivity contribution in [2.24, 2.45) is 5.41 Å². The van der Waals surface area contributed by atoms with Gasteiger partial charge >= 0.3 is 0 Å². The lowest BCUT2D eigenvalue weighted by Crippen LogP contribution is -2.35. The largest absolute Gasteiger partial charge is 0.377 e. The number of ether oxygens (including phenoxy) is 1. The van der Waals surface area contributed by atoms with Crippen molar-refractivity contribution in [3.05, 3.63) is 0 Å². The first-order valence-electron chi connectivity index (χ1n) is 5.60. The third kappa shape index (κ3) is 2.25. The average Bonchev–Trinajstić information content (AvgIpc) is 2.51. The van der Waals surface area contributed by atoms with Crippen LogP contribution >= 0.6 is 24.4 Å². The molecule has 1 aliphatic carbocycles. The highest BCUT2D eigenvalue weighted by molar-refractivity contribution is 8.00. The van der Waals surface area contributed by atoms with E-state index < -0.39 is 0 Å². The van der Waals surface area contributed by atoms with Crippen LogP contribution in [0.4, 0.5) is 0 Å². The van der Waals surface area contributed by atoms with Gasteiger partial charge in [0.2, 0.25) is 0 Å². The Kier molecular flexibility index (Phi) is 3.72. The number of thiol groups is 1. The summed E-state index contributed by atoms with van der Waals surface area (Å²) in [5, 5.41) is 0.743. The molecule has 2 atom stereocenters. The van der Waals surface area contributed by atoms with Crippen LogP contribution in [0.3, 0.4) is 0 Å². The molecule has 2 rings (SSSR count). The van der Waals surface area contributed by atoms with Crippen LogP contribution in [0.15, 0.2) is 0 Å². The Bertz CT molecular complexity index is 186. The van der Waals surface area contributed by atoms with E-state index in [0.717, 1.165) is 17.6 Å². The van der Waals surface area contributed by atoms with Crippen LogP contribution in [0, 0.1) is 5.41 Å². The third-order valence-electron chi connectivity index (χ3n) is 3.66. The van der Waals surface area contributed by atoms with E-state index in [4.69, 9.17) is 4.74 Å². The van der Waals surface area contributed by atoms with Gasteiger partial charge in [-0.1, -0.05) is 6.42 Å². The zero-order valence-electron chi connectivity index (χ0n) is 8.87. The molecule has 0 aromatic heterocycles. The van der Waals surface area contributed by atoms with Crippen molar-refractivity contribution in [1.82, 2.24) is 0 Å². The second-order valence-corrected chi connectivity index (χ2v) is 6.27. The van der Waals surface area contributed by atoms with Crippen molar-refractivity contribution in [2.45, 2.75) is 44.0 Å². The monoisotopic (exact) mass is 232 g/mol. The molecule has 0 spiro atoms. The fourth-order valence-electron chi connectivity index (χ4n) is 2.24. The lowest BCUT2D eigenvalue weighted by Gasteiger charge is -2.41. The smallest absolute Gasteiger partial charge is 0.0666 e. The molecular weight excluding hydrogens is 212 g/mol. The van der Waals surface area contributed by atoms with Crippen LogP contribution in [0.1, 0.15) is 32.6 Å². The highest BCUT2D eigenvalue weighted by Gasteiger charge is 2.37. The minimum Gasteiger partial charge on any atom is -0.377 e. The van der Waals surface area contributed by atoms with E-state index in [1.807, 2.05) is 0 Å². The standard InChI is InChI=1S/C11H20OS2/c1-9-10(3-6-12-9)14-8-11(7-13)4-2-5-11/h9-10,13H,2-8H2,1H3. The van der Waals surface area contributed by atoms with Gasteiger partial charge in [-0.3, -0.25) is 0 Å². The van der Waals surface area contributed by atoms with Crippen LogP contribution in [-0.4, -0.2) is 29.5 Å². The predicted octanol–water partition coefficient (Wildman–Crippen LogP) is 3.00. The molecule has 3 heteroatoms. The van der Waals surface area contributed by atoms with E-state index in [2.05, 4.69) is 31.3 Å². The maximum Gasteiger partial charge on any atom is 0.0666 e. The second kappa shape index (κ2) is 4.67. The van der Waals surface area contributed by atoms with Crippen molar-refractivity contribution in [2.75, 3.05) is 18.1 Å². The van der Waals surface area contributed by atoms with Gasteiger partial charge in [0.25, 0.3) is 0 Å². The molecule has 2 unspecified atom stereocenters. The average molecular weight is 232 g/mol. The van der Waals surface area contributed by atoms with E-state index in [1.165, 1.54) is 31.4 Å². The van der Waals surface area contributed by atoms with E-state index in [1.54, 1.807) is 0 Å². The molecule has 0 aromatic carbocycles. The highest BCUT2D eigenvalue weighted by Crippen LogP contribution is 2.45. The van der Waals surface area contributed by atoms with Crippen molar-refractivity contribution in [3.63, 3.8) is 0 Å². The van der Waals surface area contributed by atoms with E-state index >= 15 is 0 Å². The first-order valence-corrected chi connectivity index (χ1v) is 7.28. The van der Waals surface area contributed by atoms with Crippen LogP contribution in [-0.2, 0) is 4.74 Å². The Balaban J connectivity index is 1.75. The molecule has 1 aliphatic heterocycles. The molecule has 2 aliphatic rings. The van der Waals surface area contributed by atoms with Crippen molar-refractivity contribution in [1.29, 1.82) is 0 Å². The lowest BCUT2D eigenvalue weighted by atomic mass is 9.72. The van der Waals surface area contributed by atoms with Crippen LogP contribution in [0.5, 0.6) is 0 Å². The minimum atomic E-state index is 0.469. The molecule has 2 fully saturated rings. The fraction of sp³-hybridized carbons (Fsp3) is 1.00. The molecule has 82 valence electrons. The summed E-state index contributed by atoms with van der Waals surface area (Å²) < 4.78 is 5.58. The summed E-state index contributed by atoms with van der Waals surface area (Å²) in [5.74, 6) is 2.37. The number of hydrogen-bond acceptors (Lipinski definition) is 3. The Hall–Kier alpha value is 0.660. The summed E-state index contributed by atoms with van der Waals surface area (Å²) in [6.07, 6.45) is 5.92. The molecule has 0 amide bonds. The van der Waals surface area contributed by atoms with E-state index in [9.17, 15) is 0 Å². The van der Waals surface area contributed by atoms with Gasteiger partial charge in [-0.2, -0.15) is 24.4 Å². The number of rotatable bonds is 4. The second-order valence-electron chi connectivity index (χ2n) is 4.73. The summed E-state index contributed by atoms with van der Waals surface area (Å²) in [4.78, 5) is 0. The molecule has 1 saturated heterocycles. The van der Waals surface area contributed by atoms with Gasteiger partial charge in [0.05, 0.1) is 6.10 Å². The van der Waals surface area contributed by atoms with Crippen LogP contribution < -0.4 is 0 Å². The van der Waals surface area contributed by atoms with Gasteiger partial charge in [0.1, 0.15) is 0 Å². The molecule has 0 N–H and O–H groups in total. The zero-order chi connectivity index (χ0) is 10.0. The molecule has 1 nitrogen and oxygen atoms in total. The normalized spacial score (nSPS) is 35.6. The highest BCUT2D eigenvalue weighted by atomic mass is 32.2. The summed E-state index contributed by atoms with van der Waals surface area (Å²) in [5.41, 5.74) is 0.579. The molecule has 0 bridgehead atoms. The number of thioether (sulfide) groups is 1. The molecule has 1 heterocycles. The SMILES string of the molecule is CC1OCCC1SCC1(CS)CCC1. The lowest BCUT2D eigenvalue weighted by molar-refractivity contribution is 0.127. The van der Waals surface area contributed by atoms with Crippen molar-refractivity contribution >= 4 is 24.4 Å². The Labute approximate surface area is 96.8 Å². The first-order chi connectivity index (χ1) is 6.76. The maximum absolute atomic E-state index is 5.58. The summed E-state index contributed by atoms with van der Waals surface area (Å²) >= 11 is 6.61. The Morgan fingerprint density at radius 3 is 2.71 bits per heavy atom. The molecule has 0 aromatic rings. The van der Waals surface area contributed by atoms with Crippen LogP contribution in [0.25, 0.3) is 0 Å². The van der Waals surface area contributed by atoms with Gasteiger partial charge in [0, 0.05) is 17.6 Å². The van der Waals surface area contributed by atoms with E-state index in [0.29, 0.717) is 11.5 Å². The maximum atomic E-state index is 5.58. The first kappa shape index (κ1) is 11.2. The van der Waals surface area contributed by atoms with E-state index in [-0.39, 0.29) is 0 Å². The third-order valence-corrected chi connectivity index (χ3v) is 6.16. The van der Waals surface area contributed by atoms with Gasteiger partial charge in [0.15, 0.2) is 0 Å². The molecular formula is C11H20OS2. The minimum absolute atomic E-state index is 0.469. The fourth-order valence-corrected chi connectivity index (χ4v) is 4.39. The van der Waals surface area contributed by atoms with Gasteiger partial charge in [-0.15, -0.1) is 0 Å². The summed E-state index contributed by atoms with van der Waals surface area (Å²) in [7, 11) is 0. The van der Waals surface area contributed by atoms with Crippen molar-refractivity contribution < 1.29 is 4.74 Å². The molecule has 14 heavy (non-hydrogen) atoms. The Morgan fingerprint density at radius 1 is 1.50 bits per heavy atom. The summed E-state index contributed by atoms with van der Waals surface area (Å²) in [6, 6.07) is 0. The summed E-state index contributed by atoms with van der Waals surface area (Å²) in [6.45, 7) is 3.17. The predicted molar refractivity (Wildman–Crippen MR) is 66.4 cm³/mol. The number of hydrogen-bond donors (Lipinski definition) is 1. The Morgan fingerprint density at radius 2 is 2.29 bits per heavy atom. The van der Waals surface area contributed by atoms with Crippen LogP contribution in [0.2, 0.25) is 0 Å². The zero-order valence-corrected chi connectivity index (χ0v) is 10.6. The molecule has 1 saturated carbocycles. The quantitative estimate of drug-likeness (QED) is 0.746. The van der Waals surface area contributed by atoms with Crippen molar-refractivity contribution in [3.8, 4) is 0 Å². The van der Waals surface area contributed by atoms with Gasteiger partial charge in [-0.25, -0.2) is 0 Å². The van der Waals surface area contributed by atoms with Gasteiger partial charge in [-0.05, 0) is 37.4 Å². The topological polar surface area (TPSA) is 9.23 Å².